The number of fused-ring (bicyclic) bond motifs is 2. The van der Waals surface area contributed by atoms with Gasteiger partial charge in [-0.3, -0.25) is 19.6 Å². The van der Waals surface area contributed by atoms with E-state index in [0.29, 0.717) is 12.1 Å². The van der Waals surface area contributed by atoms with Crippen molar-refractivity contribution < 1.29 is 0 Å². The summed E-state index contributed by atoms with van der Waals surface area (Å²) in [7, 11) is 0. The molecule has 4 heteroatoms. The molecule has 174 valence electrons. The van der Waals surface area contributed by atoms with Crippen molar-refractivity contribution in [3.63, 3.8) is 0 Å². The molecule has 1 aromatic rings. The molecule has 0 bridgehead atoms. The quantitative estimate of drug-likeness (QED) is 0.616. The van der Waals surface area contributed by atoms with Crippen LogP contribution >= 0.6 is 0 Å². The summed E-state index contributed by atoms with van der Waals surface area (Å²) in [5.41, 5.74) is 7.90. The third-order valence-electron chi connectivity index (χ3n) is 8.32. The minimum atomic E-state index is 0.694. The van der Waals surface area contributed by atoms with Crippen molar-refractivity contribution in [3.8, 4) is 0 Å². The summed E-state index contributed by atoms with van der Waals surface area (Å²) in [5.74, 6) is 0. The number of aryl methyl sites for hydroxylation is 2. The smallest absolute Gasteiger partial charge is 0.147 e. The van der Waals surface area contributed by atoms with E-state index < -0.39 is 0 Å². The van der Waals surface area contributed by atoms with Crippen LogP contribution in [0.3, 0.4) is 0 Å². The monoisotopic (exact) mass is 434 g/mol. The van der Waals surface area contributed by atoms with Crippen LogP contribution in [0.5, 0.6) is 0 Å². The summed E-state index contributed by atoms with van der Waals surface area (Å²) in [4.78, 5) is 9.97. The van der Waals surface area contributed by atoms with Crippen LogP contribution in [0, 0.1) is 13.3 Å². The Morgan fingerprint density at radius 3 is 1.59 bits per heavy atom. The Bertz CT molecular complexity index is 702. The van der Waals surface area contributed by atoms with E-state index in [0.717, 1.165) is 45.4 Å². The maximum absolute atomic E-state index is 3.74. The zero-order valence-corrected chi connectivity index (χ0v) is 20.6. The summed E-state index contributed by atoms with van der Waals surface area (Å²) in [6.45, 7) is 21.3. The number of piperidine rings is 2. The van der Waals surface area contributed by atoms with Gasteiger partial charge in [-0.05, 0) is 72.8 Å². The Kier molecular flexibility index (Phi) is 7.23. The first kappa shape index (κ1) is 22.8. The predicted molar refractivity (Wildman–Crippen MR) is 131 cm³/mol. The van der Waals surface area contributed by atoms with Crippen molar-refractivity contribution in [1.29, 1.82) is 0 Å². The molecule has 0 amide bonds. The van der Waals surface area contributed by atoms with E-state index in [2.05, 4.69) is 59.8 Å². The zero-order chi connectivity index (χ0) is 22.1. The minimum Gasteiger partial charge on any atom is -0.275 e. The van der Waals surface area contributed by atoms with Crippen LogP contribution in [-0.2, 0) is 32.4 Å². The van der Waals surface area contributed by atoms with Gasteiger partial charge in [-0.1, -0.05) is 39.7 Å². The molecule has 5 rings (SSSR count). The van der Waals surface area contributed by atoms with E-state index in [1.807, 2.05) is 0 Å². The summed E-state index contributed by atoms with van der Waals surface area (Å²) in [6, 6.07) is 3.93. The molecule has 4 aliphatic rings. The van der Waals surface area contributed by atoms with Crippen molar-refractivity contribution in [2.24, 2.45) is 0 Å². The first-order valence-corrected chi connectivity index (χ1v) is 13.4. The van der Waals surface area contributed by atoms with Gasteiger partial charge in [0.2, 0.25) is 0 Å². The fraction of sp³-hybridized carbons (Fsp3) is 0.714. The second-order valence-electron chi connectivity index (χ2n) is 10.3. The van der Waals surface area contributed by atoms with Crippen LogP contribution in [0.25, 0.3) is 0 Å². The summed E-state index contributed by atoms with van der Waals surface area (Å²) in [5, 5.41) is 0. The lowest BCUT2D eigenvalue weighted by Gasteiger charge is -2.27. The molecule has 4 fully saturated rings. The largest absolute Gasteiger partial charge is 0.275 e. The Labute approximate surface area is 196 Å². The van der Waals surface area contributed by atoms with Gasteiger partial charge in [-0.2, -0.15) is 0 Å². The number of hydrogen-bond donors (Lipinski definition) is 0. The highest BCUT2D eigenvalue weighted by molar-refractivity contribution is 5.47. The van der Waals surface area contributed by atoms with Crippen molar-refractivity contribution in [2.75, 3.05) is 26.2 Å². The number of rotatable bonds is 7. The van der Waals surface area contributed by atoms with E-state index >= 15 is 0 Å². The SMILES string of the molecule is CCc1cc(CC)c(CN2[C]N3CCCCC3C2)c(CC)c1CN1[C]N2CCCCC2C1. The van der Waals surface area contributed by atoms with Gasteiger partial charge in [-0.25, -0.2) is 0 Å². The Morgan fingerprint density at radius 1 is 0.688 bits per heavy atom. The molecule has 0 saturated carbocycles. The standard InChI is InChI=1S/C28H42N4/c1-4-22-15-23(5-2)28(19-30-17-25-12-8-10-14-32(25)21-30)26(6-3)27(22)18-29-16-24-11-7-9-13-31(24)20-29/h15,24-25H,4-14,16-19H2,1-3H3. The Morgan fingerprint density at radius 2 is 1.19 bits per heavy atom. The lowest BCUT2D eigenvalue weighted by molar-refractivity contribution is 0.229. The molecule has 0 aromatic heterocycles. The van der Waals surface area contributed by atoms with Crippen LogP contribution in [0.1, 0.15) is 87.1 Å². The van der Waals surface area contributed by atoms with Crippen molar-refractivity contribution in [1.82, 2.24) is 19.6 Å². The molecular weight excluding hydrogens is 392 g/mol. The molecule has 2 unspecified atom stereocenters. The Hall–Kier alpha value is -0.940. The number of nitrogens with zero attached hydrogens (tertiary/aromatic N) is 4. The zero-order valence-electron chi connectivity index (χ0n) is 20.6. The fourth-order valence-corrected chi connectivity index (χ4v) is 6.59. The van der Waals surface area contributed by atoms with E-state index in [4.69, 9.17) is 0 Å². The van der Waals surface area contributed by atoms with Gasteiger partial charge in [0.05, 0.1) is 0 Å². The summed E-state index contributed by atoms with van der Waals surface area (Å²) in [6.07, 6.45) is 11.4. The second-order valence-corrected chi connectivity index (χ2v) is 10.3. The number of benzene rings is 1. The average molecular weight is 435 g/mol. The summed E-state index contributed by atoms with van der Waals surface area (Å²) >= 11 is 0. The maximum Gasteiger partial charge on any atom is 0.147 e. The van der Waals surface area contributed by atoms with Crippen LogP contribution in [-0.4, -0.2) is 57.9 Å². The molecule has 4 nitrogen and oxygen atoms in total. The lowest BCUT2D eigenvalue weighted by atomic mass is 9.87. The molecule has 4 aliphatic heterocycles. The molecule has 0 spiro atoms. The van der Waals surface area contributed by atoms with Gasteiger partial charge >= 0.3 is 0 Å². The third-order valence-corrected chi connectivity index (χ3v) is 8.32. The van der Waals surface area contributed by atoms with Crippen molar-refractivity contribution in [3.05, 3.63) is 47.2 Å². The van der Waals surface area contributed by atoms with Gasteiger partial charge < -0.3 is 0 Å². The maximum atomic E-state index is 3.74. The summed E-state index contributed by atoms with van der Waals surface area (Å²) < 4.78 is 0. The van der Waals surface area contributed by atoms with Crippen molar-refractivity contribution in [2.45, 2.75) is 104 Å². The molecule has 4 heterocycles. The topological polar surface area (TPSA) is 13.0 Å². The highest BCUT2D eigenvalue weighted by Crippen LogP contribution is 2.34. The molecule has 32 heavy (non-hydrogen) atoms. The molecule has 1 aromatic carbocycles. The van der Waals surface area contributed by atoms with Gasteiger partial charge in [0, 0.05) is 51.4 Å². The predicted octanol–water partition coefficient (Wildman–Crippen LogP) is 4.71. The molecule has 4 radical (unpaired) electrons. The Balaban J connectivity index is 1.40. The normalized spacial score (nSPS) is 27.7. The van der Waals surface area contributed by atoms with E-state index in [9.17, 15) is 0 Å². The van der Waals surface area contributed by atoms with Crippen molar-refractivity contribution >= 4 is 0 Å². The molecule has 0 aliphatic carbocycles. The van der Waals surface area contributed by atoms with Crippen LogP contribution in [0.2, 0.25) is 0 Å². The lowest BCUT2D eigenvalue weighted by Crippen LogP contribution is -2.33. The van der Waals surface area contributed by atoms with E-state index in [-0.39, 0.29) is 0 Å². The van der Waals surface area contributed by atoms with Crippen LogP contribution in [0.15, 0.2) is 6.07 Å². The highest BCUT2D eigenvalue weighted by atomic mass is 15.4. The molecule has 0 N–H and O–H groups in total. The minimum absolute atomic E-state index is 0.694. The van der Waals surface area contributed by atoms with Crippen LogP contribution in [0.4, 0.5) is 0 Å². The third kappa shape index (κ3) is 4.53. The second kappa shape index (κ2) is 10.1. The average Bonchev–Trinajstić information content (AvgIpc) is 3.42. The van der Waals surface area contributed by atoms with E-state index in [1.54, 1.807) is 27.8 Å². The first-order chi connectivity index (χ1) is 15.7. The molecular formula is C28H42N4. The van der Waals surface area contributed by atoms with Gasteiger partial charge in [-0.15, -0.1) is 0 Å². The molecule has 2 atom stereocenters. The fourth-order valence-electron chi connectivity index (χ4n) is 6.59. The van der Waals surface area contributed by atoms with Gasteiger partial charge in [0.25, 0.3) is 0 Å². The van der Waals surface area contributed by atoms with E-state index in [1.165, 1.54) is 51.6 Å². The highest BCUT2D eigenvalue weighted by Gasteiger charge is 2.35. The van der Waals surface area contributed by atoms with Gasteiger partial charge in [0.1, 0.15) is 13.3 Å². The first-order valence-electron chi connectivity index (χ1n) is 13.4. The number of hydrogen-bond acceptors (Lipinski definition) is 4. The molecule has 4 saturated heterocycles. The van der Waals surface area contributed by atoms with Crippen LogP contribution < -0.4 is 0 Å². The van der Waals surface area contributed by atoms with Gasteiger partial charge in [0.15, 0.2) is 0 Å².